The lowest BCUT2D eigenvalue weighted by Gasteiger charge is -2.29. The number of furan rings is 1. The van der Waals surface area contributed by atoms with Crippen molar-refractivity contribution in [3.63, 3.8) is 0 Å². The zero-order valence-electron chi connectivity index (χ0n) is 32.3. The molecule has 1 unspecified atom stereocenters. The minimum atomic E-state index is -0.118. The molecule has 0 aliphatic heterocycles. The minimum Gasteiger partial charge on any atom is -0.455 e. The molecule has 0 spiro atoms. The van der Waals surface area contributed by atoms with Gasteiger partial charge in [0.25, 0.3) is 0 Å². The molecule has 0 amide bonds. The van der Waals surface area contributed by atoms with Gasteiger partial charge in [0, 0.05) is 44.0 Å². The van der Waals surface area contributed by atoms with Crippen molar-refractivity contribution in [3.05, 3.63) is 198 Å². The van der Waals surface area contributed by atoms with Gasteiger partial charge in [0.05, 0.1) is 22.9 Å². The fraction of sp³-hybridized carbons (Fsp3) is 0.0909. The molecule has 274 valence electrons. The molecule has 0 radical (unpaired) electrons. The predicted octanol–water partition coefficient (Wildman–Crippen LogP) is 14.6. The van der Waals surface area contributed by atoms with Crippen LogP contribution in [0, 0.1) is 0 Å². The first-order chi connectivity index (χ1) is 28.5. The molecular weight excluding hydrogens is 705 g/mol. The molecule has 1 atom stereocenters. The van der Waals surface area contributed by atoms with E-state index in [0.717, 1.165) is 72.5 Å². The molecule has 0 N–H and O–H groups in total. The van der Waals surface area contributed by atoms with E-state index in [1.165, 1.54) is 49.7 Å². The maximum absolute atomic E-state index is 6.35. The van der Waals surface area contributed by atoms with Gasteiger partial charge in [-0.25, -0.2) is 4.98 Å². The van der Waals surface area contributed by atoms with Crippen molar-refractivity contribution in [1.29, 1.82) is 0 Å². The van der Waals surface area contributed by atoms with E-state index < -0.39 is 0 Å². The van der Waals surface area contributed by atoms with Crippen molar-refractivity contribution in [1.82, 2.24) is 9.97 Å². The quantitative estimate of drug-likeness (QED) is 0.169. The summed E-state index contributed by atoms with van der Waals surface area (Å²) in [6.45, 7) is 4.79. The highest BCUT2D eigenvalue weighted by atomic mass is 16.3. The normalized spacial score (nSPS) is 15.9. The highest BCUT2D eigenvalue weighted by molar-refractivity contribution is 6.23. The molecule has 2 aromatic heterocycles. The van der Waals surface area contributed by atoms with E-state index in [4.69, 9.17) is 14.4 Å². The second-order valence-corrected chi connectivity index (χ2v) is 16.5. The van der Waals surface area contributed by atoms with Crippen LogP contribution < -0.4 is 0 Å². The van der Waals surface area contributed by atoms with Gasteiger partial charge in [0.1, 0.15) is 11.2 Å². The van der Waals surface area contributed by atoms with Gasteiger partial charge in [-0.05, 0) is 68.3 Å². The average Bonchev–Trinajstić information content (AvgIpc) is 3.78. The van der Waals surface area contributed by atoms with E-state index >= 15 is 0 Å². The van der Waals surface area contributed by atoms with Crippen molar-refractivity contribution in [2.24, 2.45) is 0 Å². The smallest absolute Gasteiger partial charge is 0.143 e. The van der Waals surface area contributed by atoms with Crippen molar-refractivity contribution < 1.29 is 4.42 Å². The summed E-state index contributed by atoms with van der Waals surface area (Å²) in [6, 6.07) is 56.8. The van der Waals surface area contributed by atoms with Crippen LogP contribution in [-0.4, -0.2) is 9.97 Å². The molecule has 0 saturated heterocycles. The topological polar surface area (TPSA) is 38.9 Å². The molecule has 10 aromatic rings. The molecule has 8 aromatic carbocycles. The van der Waals surface area contributed by atoms with Gasteiger partial charge >= 0.3 is 0 Å². The molecule has 12 rings (SSSR count). The fourth-order valence-electron chi connectivity index (χ4n) is 9.93. The number of hydrogen-bond acceptors (Lipinski definition) is 3. The van der Waals surface area contributed by atoms with Gasteiger partial charge in [-0.1, -0.05) is 177 Å². The number of hydrogen-bond donors (Lipinski definition) is 0. The molecule has 58 heavy (non-hydrogen) atoms. The van der Waals surface area contributed by atoms with E-state index in [-0.39, 0.29) is 5.41 Å². The van der Waals surface area contributed by atoms with Crippen LogP contribution in [-0.2, 0) is 5.41 Å². The Morgan fingerprint density at radius 2 is 1.22 bits per heavy atom. The summed E-state index contributed by atoms with van der Waals surface area (Å²) in [5.74, 6) is 0.297. The second kappa shape index (κ2) is 12.4. The summed E-state index contributed by atoms with van der Waals surface area (Å²) < 4.78 is 6.35. The van der Waals surface area contributed by atoms with Gasteiger partial charge in [-0.2, -0.15) is 0 Å². The molecule has 3 heteroatoms. The minimum absolute atomic E-state index is 0.118. The van der Waals surface area contributed by atoms with Crippen molar-refractivity contribution in [3.8, 4) is 33.5 Å². The summed E-state index contributed by atoms with van der Waals surface area (Å²) >= 11 is 0. The average molecular weight is 743 g/mol. The van der Waals surface area contributed by atoms with Crippen LogP contribution in [0.25, 0.3) is 93.6 Å². The third kappa shape index (κ3) is 4.93. The Hall–Kier alpha value is -7.10. The number of para-hydroxylation sites is 2. The standard InChI is InChI=1S/C55H38N2O/c1-55(2)48-30-37(36-12-9-11-35(29-36)33-21-23-34(24-22-33)39-18-10-19-47-44-15-7-8-20-51(44)58-54(39)47)25-27-42(48)43-28-26-38(31-49(43)55)50-32-56-52-45-16-5-3-13-40(45)41-14-4-6-17-46(41)53(52)57-50/h3-29,31-32,37H,30H2,1-2H3. The molecule has 2 aliphatic carbocycles. The fourth-order valence-corrected chi connectivity index (χ4v) is 9.93. The Morgan fingerprint density at radius 1 is 0.552 bits per heavy atom. The molecule has 0 bridgehead atoms. The highest BCUT2D eigenvalue weighted by Crippen LogP contribution is 2.53. The van der Waals surface area contributed by atoms with Gasteiger partial charge < -0.3 is 4.42 Å². The van der Waals surface area contributed by atoms with Gasteiger partial charge in [0.15, 0.2) is 0 Å². The van der Waals surface area contributed by atoms with E-state index in [9.17, 15) is 0 Å². The number of nitrogens with zero attached hydrogens (tertiary/aromatic N) is 2. The zero-order chi connectivity index (χ0) is 38.5. The Balaban J connectivity index is 0.835. The summed E-state index contributed by atoms with van der Waals surface area (Å²) in [4.78, 5) is 10.4. The maximum atomic E-state index is 6.35. The number of aromatic nitrogens is 2. The van der Waals surface area contributed by atoms with E-state index in [0.29, 0.717) is 5.92 Å². The zero-order valence-corrected chi connectivity index (χ0v) is 32.3. The Labute approximate surface area is 336 Å². The van der Waals surface area contributed by atoms with Crippen molar-refractivity contribution in [2.75, 3.05) is 0 Å². The van der Waals surface area contributed by atoms with E-state index in [1.54, 1.807) is 0 Å². The summed E-state index contributed by atoms with van der Waals surface area (Å²) in [5, 5.41) is 7.00. The highest BCUT2D eigenvalue weighted by Gasteiger charge is 2.39. The SMILES string of the molecule is CC1(C)C2=C(C=CC(c3cccc(-c4ccc(-c5cccc6c5oc5ccccc56)cc4)c3)C2)c2ccc(-c3cnc4c5ccccc5c5ccccc5c4n3)cc21. The molecular formula is C55H38N2O. The van der Waals surface area contributed by atoms with Crippen LogP contribution in [0.5, 0.6) is 0 Å². The molecule has 2 aliphatic rings. The monoisotopic (exact) mass is 742 g/mol. The van der Waals surface area contributed by atoms with Gasteiger partial charge in [-0.15, -0.1) is 0 Å². The van der Waals surface area contributed by atoms with Crippen molar-refractivity contribution in [2.45, 2.75) is 31.6 Å². The first-order valence-electron chi connectivity index (χ1n) is 20.2. The van der Waals surface area contributed by atoms with Crippen LogP contribution >= 0.6 is 0 Å². The van der Waals surface area contributed by atoms with Crippen molar-refractivity contribution >= 4 is 60.1 Å². The number of benzene rings is 8. The summed E-state index contributed by atoms with van der Waals surface area (Å²) in [5.41, 5.74) is 17.3. The number of rotatable bonds is 4. The molecule has 0 fully saturated rings. The first kappa shape index (κ1) is 33.1. The van der Waals surface area contributed by atoms with Crippen LogP contribution in [0.4, 0.5) is 0 Å². The van der Waals surface area contributed by atoms with Crippen LogP contribution in [0.15, 0.2) is 186 Å². The molecule has 3 nitrogen and oxygen atoms in total. The van der Waals surface area contributed by atoms with Gasteiger partial charge in [-0.3, -0.25) is 4.98 Å². The van der Waals surface area contributed by atoms with E-state index in [1.807, 2.05) is 18.3 Å². The lowest BCUT2D eigenvalue weighted by Crippen LogP contribution is -2.19. The van der Waals surface area contributed by atoms with E-state index in [2.05, 4.69) is 172 Å². The molecule has 2 heterocycles. The van der Waals surface area contributed by atoms with Crippen LogP contribution in [0.1, 0.15) is 42.9 Å². The second-order valence-electron chi connectivity index (χ2n) is 16.5. The lowest BCUT2D eigenvalue weighted by atomic mass is 9.74. The number of fused-ring (bicyclic) bond motifs is 11. The molecule has 0 saturated carbocycles. The third-order valence-electron chi connectivity index (χ3n) is 13.0. The first-order valence-corrected chi connectivity index (χ1v) is 20.2. The largest absolute Gasteiger partial charge is 0.455 e. The van der Waals surface area contributed by atoms with Crippen LogP contribution in [0.3, 0.4) is 0 Å². The Bertz CT molecular complexity index is 3360. The Morgan fingerprint density at radius 3 is 2.03 bits per heavy atom. The summed E-state index contributed by atoms with van der Waals surface area (Å²) in [7, 11) is 0. The van der Waals surface area contributed by atoms with Crippen LogP contribution in [0.2, 0.25) is 0 Å². The predicted molar refractivity (Wildman–Crippen MR) is 241 cm³/mol. The lowest BCUT2D eigenvalue weighted by molar-refractivity contribution is 0.591. The summed E-state index contributed by atoms with van der Waals surface area (Å²) in [6.07, 6.45) is 7.74. The Kier molecular flexibility index (Phi) is 7.10. The third-order valence-corrected chi connectivity index (χ3v) is 13.0. The van der Waals surface area contributed by atoms with Gasteiger partial charge in [0.2, 0.25) is 0 Å². The number of allylic oxidation sites excluding steroid dienone is 4. The maximum Gasteiger partial charge on any atom is 0.143 e.